The van der Waals surface area contributed by atoms with E-state index in [2.05, 4.69) is 0 Å². The Morgan fingerprint density at radius 3 is 2.33 bits per heavy atom. The van der Waals surface area contributed by atoms with Crippen LogP contribution in [0.15, 0.2) is 0 Å². The van der Waals surface area contributed by atoms with Crippen molar-refractivity contribution in [3.8, 4) is 0 Å². The average Bonchev–Trinajstić information content (AvgIpc) is 2.12. The number of hydrogen-bond donors (Lipinski definition) is 1. The van der Waals surface area contributed by atoms with E-state index in [9.17, 15) is 9.90 Å². The van der Waals surface area contributed by atoms with Crippen LogP contribution < -0.4 is 0 Å². The second-order valence-electron chi connectivity index (χ2n) is 4.30. The van der Waals surface area contributed by atoms with Gasteiger partial charge in [0.2, 0.25) is 0 Å². The maximum atomic E-state index is 11.5. The molecule has 0 bridgehead atoms. The molecule has 0 aromatic carbocycles. The van der Waals surface area contributed by atoms with Crippen LogP contribution in [0.1, 0.15) is 34.6 Å². The lowest BCUT2D eigenvalue weighted by Crippen LogP contribution is -2.47. The van der Waals surface area contributed by atoms with Gasteiger partial charge in [0, 0.05) is 6.54 Å². The molecule has 0 amide bonds. The molecule has 90 valence electrons. The highest BCUT2D eigenvalue weighted by Gasteiger charge is 2.26. The van der Waals surface area contributed by atoms with Gasteiger partial charge in [-0.05, 0) is 34.2 Å². The topological polar surface area (TPSA) is 49.8 Å². The Kier molecular flexibility index (Phi) is 5.83. The predicted octanol–water partition coefficient (Wildman–Crippen LogP) is 1.03. The summed E-state index contributed by atoms with van der Waals surface area (Å²) in [5.41, 5.74) is -0.795. The van der Waals surface area contributed by atoms with Gasteiger partial charge < -0.3 is 9.84 Å². The van der Waals surface area contributed by atoms with E-state index in [1.165, 1.54) is 0 Å². The van der Waals surface area contributed by atoms with Crippen LogP contribution in [0.2, 0.25) is 0 Å². The molecule has 1 unspecified atom stereocenters. The Labute approximate surface area is 92.2 Å². The SMILES string of the molecule is CCOC(=O)C(C)N(CC)CC(C)(C)O. The first-order valence-electron chi connectivity index (χ1n) is 5.44. The van der Waals surface area contributed by atoms with Crippen LogP contribution in [0.3, 0.4) is 0 Å². The van der Waals surface area contributed by atoms with E-state index in [0.717, 1.165) is 0 Å². The Bertz CT molecular complexity index is 198. The standard InChI is InChI=1S/C11H23NO3/c1-6-12(8-11(4,5)14)9(3)10(13)15-7-2/h9,14H,6-8H2,1-5H3. The van der Waals surface area contributed by atoms with Gasteiger partial charge in [0.1, 0.15) is 6.04 Å². The van der Waals surface area contributed by atoms with E-state index < -0.39 is 5.60 Å². The summed E-state index contributed by atoms with van der Waals surface area (Å²) in [5.74, 6) is -0.233. The summed E-state index contributed by atoms with van der Waals surface area (Å²) in [7, 11) is 0. The fourth-order valence-corrected chi connectivity index (χ4v) is 1.43. The highest BCUT2D eigenvalue weighted by atomic mass is 16.5. The maximum Gasteiger partial charge on any atom is 0.323 e. The van der Waals surface area contributed by atoms with Crippen LogP contribution in [-0.2, 0) is 9.53 Å². The minimum Gasteiger partial charge on any atom is -0.465 e. The molecule has 1 atom stereocenters. The minimum atomic E-state index is -0.795. The zero-order valence-corrected chi connectivity index (χ0v) is 10.4. The van der Waals surface area contributed by atoms with Crippen LogP contribution in [0.5, 0.6) is 0 Å². The monoisotopic (exact) mass is 217 g/mol. The van der Waals surface area contributed by atoms with Crippen molar-refractivity contribution in [1.29, 1.82) is 0 Å². The van der Waals surface area contributed by atoms with Crippen molar-refractivity contribution in [3.63, 3.8) is 0 Å². The van der Waals surface area contributed by atoms with Crippen molar-refractivity contribution in [1.82, 2.24) is 4.90 Å². The second-order valence-corrected chi connectivity index (χ2v) is 4.30. The molecule has 0 aliphatic heterocycles. The summed E-state index contributed by atoms with van der Waals surface area (Å²) in [6, 6.07) is -0.304. The average molecular weight is 217 g/mol. The summed E-state index contributed by atoms with van der Waals surface area (Å²) < 4.78 is 4.94. The molecule has 0 aromatic rings. The minimum absolute atomic E-state index is 0.233. The Balaban J connectivity index is 4.34. The fourth-order valence-electron chi connectivity index (χ4n) is 1.43. The number of likely N-dealkylation sites (N-methyl/N-ethyl adjacent to an activating group) is 1. The van der Waals surface area contributed by atoms with Crippen LogP contribution in [0.4, 0.5) is 0 Å². The Morgan fingerprint density at radius 2 is 2.00 bits per heavy atom. The van der Waals surface area contributed by atoms with Gasteiger partial charge in [-0.15, -0.1) is 0 Å². The number of carbonyl (C=O) groups is 1. The molecule has 0 saturated carbocycles. The van der Waals surface area contributed by atoms with Crippen molar-refractivity contribution < 1.29 is 14.6 Å². The van der Waals surface area contributed by atoms with Gasteiger partial charge in [0.25, 0.3) is 0 Å². The van der Waals surface area contributed by atoms with E-state index in [4.69, 9.17) is 4.74 Å². The van der Waals surface area contributed by atoms with Gasteiger partial charge in [-0.3, -0.25) is 9.69 Å². The molecule has 0 aliphatic rings. The normalized spacial score (nSPS) is 14.1. The number of aliphatic hydroxyl groups is 1. The molecule has 4 nitrogen and oxygen atoms in total. The lowest BCUT2D eigenvalue weighted by Gasteiger charge is -2.31. The molecule has 0 spiro atoms. The lowest BCUT2D eigenvalue weighted by atomic mass is 10.1. The molecule has 0 aliphatic carbocycles. The highest BCUT2D eigenvalue weighted by Crippen LogP contribution is 2.09. The van der Waals surface area contributed by atoms with E-state index in [-0.39, 0.29) is 12.0 Å². The molecule has 0 heterocycles. The zero-order valence-electron chi connectivity index (χ0n) is 10.4. The van der Waals surface area contributed by atoms with Crippen molar-refractivity contribution >= 4 is 5.97 Å². The molecule has 0 saturated heterocycles. The molecule has 0 rings (SSSR count). The smallest absolute Gasteiger partial charge is 0.323 e. The number of rotatable bonds is 6. The Morgan fingerprint density at radius 1 is 1.47 bits per heavy atom. The summed E-state index contributed by atoms with van der Waals surface area (Å²) in [4.78, 5) is 13.4. The highest BCUT2D eigenvalue weighted by molar-refractivity contribution is 5.75. The van der Waals surface area contributed by atoms with E-state index in [1.807, 2.05) is 11.8 Å². The molecule has 0 fully saturated rings. The van der Waals surface area contributed by atoms with Gasteiger partial charge >= 0.3 is 5.97 Å². The third-order valence-electron chi connectivity index (χ3n) is 2.17. The number of esters is 1. The quantitative estimate of drug-likeness (QED) is 0.675. The van der Waals surface area contributed by atoms with Crippen molar-refractivity contribution in [2.24, 2.45) is 0 Å². The van der Waals surface area contributed by atoms with Gasteiger partial charge in [-0.2, -0.15) is 0 Å². The molecule has 0 radical (unpaired) electrons. The van der Waals surface area contributed by atoms with E-state index in [0.29, 0.717) is 19.7 Å². The maximum absolute atomic E-state index is 11.5. The van der Waals surface area contributed by atoms with Gasteiger partial charge in [0.05, 0.1) is 12.2 Å². The number of carbonyl (C=O) groups excluding carboxylic acids is 1. The third kappa shape index (κ3) is 5.74. The number of ether oxygens (including phenoxy) is 1. The fraction of sp³-hybridized carbons (Fsp3) is 0.909. The van der Waals surface area contributed by atoms with Crippen LogP contribution >= 0.6 is 0 Å². The van der Waals surface area contributed by atoms with Gasteiger partial charge in [-0.25, -0.2) is 0 Å². The molecule has 15 heavy (non-hydrogen) atoms. The first-order chi connectivity index (χ1) is 6.81. The van der Waals surface area contributed by atoms with Crippen LogP contribution in [-0.4, -0.2) is 47.3 Å². The van der Waals surface area contributed by atoms with Crippen molar-refractivity contribution in [2.75, 3.05) is 19.7 Å². The third-order valence-corrected chi connectivity index (χ3v) is 2.17. The zero-order chi connectivity index (χ0) is 12.1. The lowest BCUT2D eigenvalue weighted by molar-refractivity contribution is -0.149. The first-order valence-corrected chi connectivity index (χ1v) is 5.44. The van der Waals surface area contributed by atoms with Crippen LogP contribution in [0.25, 0.3) is 0 Å². The van der Waals surface area contributed by atoms with Crippen molar-refractivity contribution in [3.05, 3.63) is 0 Å². The van der Waals surface area contributed by atoms with Crippen molar-refractivity contribution in [2.45, 2.75) is 46.3 Å². The molecule has 0 aromatic heterocycles. The van der Waals surface area contributed by atoms with E-state index >= 15 is 0 Å². The first kappa shape index (κ1) is 14.4. The second kappa shape index (κ2) is 6.08. The van der Waals surface area contributed by atoms with E-state index in [1.54, 1.807) is 27.7 Å². The molecule has 1 N–H and O–H groups in total. The van der Waals surface area contributed by atoms with Gasteiger partial charge in [-0.1, -0.05) is 6.92 Å². The predicted molar refractivity (Wildman–Crippen MR) is 59.6 cm³/mol. The summed E-state index contributed by atoms with van der Waals surface area (Å²) in [6.07, 6.45) is 0. The molecular weight excluding hydrogens is 194 g/mol. The van der Waals surface area contributed by atoms with Gasteiger partial charge in [0.15, 0.2) is 0 Å². The largest absolute Gasteiger partial charge is 0.465 e. The molecule has 4 heteroatoms. The molecular formula is C11H23NO3. The summed E-state index contributed by atoms with van der Waals surface area (Å²) >= 11 is 0. The Hall–Kier alpha value is -0.610. The number of nitrogens with zero attached hydrogens (tertiary/aromatic N) is 1. The summed E-state index contributed by atoms with van der Waals surface area (Å²) in [5, 5.41) is 9.69. The summed E-state index contributed by atoms with van der Waals surface area (Å²) in [6.45, 7) is 10.6. The number of hydrogen-bond acceptors (Lipinski definition) is 4. The van der Waals surface area contributed by atoms with Crippen LogP contribution in [0, 0.1) is 0 Å².